The fourth-order valence-corrected chi connectivity index (χ4v) is 3.56. The van der Waals surface area contributed by atoms with Crippen LogP contribution in [-0.2, 0) is 11.2 Å². The molecule has 4 rings (SSSR count). The highest BCUT2D eigenvalue weighted by Gasteiger charge is 2.28. The lowest BCUT2D eigenvalue weighted by Gasteiger charge is -2.18. The molecule has 5 heteroatoms. The minimum absolute atomic E-state index is 0.00288. The molecule has 3 aromatic rings. The van der Waals surface area contributed by atoms with E-state index in [-0.39, 0.29) is 12.0 Å². The second-order valence-electron chi connectivity index (χ2n) is 6.95. The van der Waals surface area contributed by atoms with Crippen LogP contribution in [0.5, 0.6) is 11.5 Å². The minimum Gasteiger partial charge on any atom is -0.494 e. The Kier molecular flexibility index (Phi) is 5.42. The molecule has 2 aromatic carbocycles. The van der Waals surface area contributed by atoms with Gasteiger partial charge in [0.25, 0.3) is 0 Å². The number of para-hydroxylation sites is 1. The summed E-state index contributed by atoms with van der Waals surface area (Å²) in [5.41, 5.74) is 1.86. The van der Waals surface area contributed by atoms with Crippen LogP contribution in [-0.4, -0.2) is 41.6 Å². The van der Waals surface area contributed by atoms with Crippen LogP contribution in [0, 0.1) is 0 Å². The monoisotopic (exact) mass is 376 g/mol. The second-order valence-corrected chi connectivity index (χ2v) is 6.95. The molecular weight excluding hydrogens is 352 g/mol. The van der Waals surface area contributed by atoms with Crippen molar-refractivity contribution in [1.29, 1.82) is 0 Å². The third-order valence-electron chi connectivity index (χ3n) is 4.98. The predicted molar refractivity (Wildman–Crippen MR) is 109 cm³/mol. The van der Waals surface area contributed by atoms with Gasteiger partial charge in [-0.2, -0.15) is 0 Å². The first-order chi connectivity index (χ1) is 13.7. The first-order valence-corrected chi connectivity index (χ1v) is 9.73. The Balaban J connectivity index is 1.36. The SMILES string of the molecule is CCOc1ccc(CC(=O)N2CCC(Oc3cccc4cccnc34)C2)cc1. The molecule has 5 nitrogen and oxygen atoms in total. The number of pyridine rings is 1. The summed E-state index contributed by atoms with van der Waals surface area (Å²) in [7, 11) is 0. The summed E-state index contributed by atoms with van der Waals surface area (Å²) in [6.07, 6.45) is 3.00. The van der Waals surface area contributed by atoms with Gasteiger partial charge in [0.1, 0.15) is 23.1 Å². The number of aromatic nitrogens is 1. The van der Waals surface area contributed by atoms with Crippen LogP contribution in [0.1, 0.15) is 18.9 Å². The zero-order valence-corrected chi connectivity index (χ0v) is 16.0. The number of nitrogens with zero attached hydrogens (tertiary/aromatic N) is 2. The second kappa shape index (κ2) is 8.30. The van der Waals surface area contributed by atoms with E-state index in [2.05, 4.69) is 4.98 Å². The Morgan fingerprint density at radius 1 is 1.14 bits per heavy atom. The molecule has 0 spiro atoms. The molecule has 1 fully saturated rings. The van der Waals surface area contributed by atoms with E-state index in [0.29, 0.717) is 19.6 Å². The van der Waals surface area contributed by atoms with Gasteiger partial charge in [0, 0.05) is 24.5 Å². The van der Waals surface area contributed by atoms with E-state index >= 15 is 0 Å². The fourth-order valence-electron chi connectivity index (χ4n) is 3.56. The number of hydrogen-bond acceptors (Lipinski definition) is 4. The molecule has 0 radical (unpaired) electrons. The first-order valence-electron chi connectivity index (χ1n) is 9.73. The summed E-state index contributed by atoms with van der Waals surface area (Å²) >= 11 is 0. The number of hydrogen-bond donors (Lipinski definition) is 0. The van der Waals surface area contributed by atoms with Crippen molar-refractivity contribution in [2.45, 2.75) is 25.9 Å². The maximum Gasteiger partial charge on any atom is 0.227 e. The molecule has 0 bridgehead atoms. The van der Waals surface area contributed by atoms with Gasteiger partial charge in [0.05, 0.1) is 19.6 Å². The van der Waals surface area contributed by atoms with Gasteiger partial charge >= 0.3 is 0 Å². The summed E-state index contributed by atoms with van der Waals surface area (Å²) in [6, 6.07) is 17.6. The zero-order valence-electron chi connectivity index (χ0n) is 16.0. The number of benzene rings is 2. The molecule has 1 saturated heterocycles. The van der Waals surface area contributed by atoms with E-state index in [4.69, 9.17) is 9.47 Å². The lowest BCUT2D eigenvalue weighted by atomic mass is 10.1. The summed E-state index contributed by atoms with van der Waals surface area (Å²) in [4.78, 5) is 19.0. The Labute approximate surface area is 164 Å². The third-order valence-corrected chi connectivity index (χ3v) is 4.98. The Hall–Kier alpha value is -3.08. The highest BCUT2D eigenvalue weighted by Crippen LogP contribution is 2.26. The van der Waals surface area contributed by atoms with Crippen molar-refractivity contribution >= 4 is 16.8 Å². The van der Waals surface area contributed by atoms with Crippen LogP contribution < -0.4 is 9.47 Å². The van der Waals surface area contributed by atoms with Crippen LogP contribution in [0.4, 0.5) is 0 Å². The number of carbonyl (C=O) groups excluding carboxylic acids is 1. The Morgan fingerprint density at radius 2 is 1.96 bits per heavy atom. The van der Waals surface area contributed by atoms with Gasteiger partial charge in [-0.25, -0.2) is 0 Å². The molecule has 1 aliphatic heterocycles. The summed E-state index contributed by atoms with van der Waals surface area (Å²) in [5.74, 6) is 1.74. The van der Waals surface area contributed by atoms with E-state index in [1.165, 1.54) is 0 Å². The van der Waals surface area contributed by atoms with Crippen molar-refractivity contribution in [3.8, 4) is 11.5 Å². The van der Waals surface area contributed by atoms with Crippen molar-refractivity contribution < 1.29 is 14.3 Å². The van der Waals surface area contributed by atoms with Crippen LogP contribution in [0.15, 0.2) is 60.8 Å². The van der Waals surface area contributed by atoms with Crippen molar-refractivity contribution in [3.05, 3.63) is 66.4 Å². The van der Waals surface area contributed by atoms with Crippen LogP contribution in [0.25, 0.3) is 10.9 Å². The Bertz CT molecular complexity index is 950. The molecule has 144 valence electrons. The number of fused-ring (bicyclic) bond motifs is 1. The quantitative estimate of drug-likeness (QED) is 0.656. The largest absolute Gasteiger partial charge is 0.494 e. The summed E-state index contributed by atoms with van der Waals surface area (Å²) in [6.45, 7) is 3.93. The van der Waals surface area contributed by atoms with Crippen LogP contribution in [0.3, 0.4) is 0 Å². The molecular formula is C23H24N2O3. The van der Waals surface area contributed by atoms with Gasteiger partial charge in [-0.3, -0.25) is 9.78 Å². The predicted octanol–water partition coefficient (Wildman–Crippen LogP) is 3.86. The molecule has 0 aliphatic carbocycles. The maximum absolute atomic E-state index is 12.7. The lowest BCUT2D eigenvalue weighted by molar-refractivity contribution is -0.129. The van der Waals surface area contributed by atoms with Gasteiger partial charge in [0.2, 0.25) is 5.91 Å². The molecule has 1 aromatic heterocycles. The normalized spacial score (nSPS) is 16.3. The van der Waals surface area contributed by atoms with Crippen molar-refractivity contribution in [2.75, 3.05) is 19.7 Å². The number of amides is 1. The van der Waals surface area contributed by atoms with Gasteiger partial charge in [0.15, 0.2) is 0 Å². The van der Waals surface area contributed by atoms with E-state index in [0.717, 1.165) is 40.9 Å². The van der Waals surface area contributed by atoms with Gasteiger partial charge in [-0.05, 0) is 36.8 Å². The van der Waals surface area contributed by atoms with Crippen LogP contribution >= 0.6 is 0 Å². The summed E-state index contributed by atoms with van der Waals surface area (Å²) < 4.78 is 11.6. The molecule has 2 heterocycles. The topological polar surface area (TPSA) is 51.7 Å². The van der Waals surface area contributed by atoms with Gasteiger partial charge < -0.3 is 14.4 Å². The minimum atomic E-state index is -0.00288. The Morgan fingerprint density at radius 3 is 2.79 bits per heavy atom. The average molecular weight is 376 g/mol. The van der Waals surface area contributed by atoms with E-state index in [9.17, 15) is 4.79 Å². The first kappa shape index (κ1) is 18.3. The molecule has 1 aliphatic rings. The fraction of sp³-hybridized carbons (Fsp3) is 0.304. The molecule has 0 N–H and O–H groups in total. The molecule has 1 unspecified atom stereocenters. The smallest absolute Gasteiger partial charge is 0.227 e. The molecule has 28 heavy (non-hydrogen) atoms. The highest BCUT2D eigenvalue weighted by molar-refractivity contribution is 5.84. The highest BCUT2D eigenvalue weighted by atomic mass is 16.5. The van der Waals surface area contributed by atoms with E-state index < -0.39 is 0 Å². The van der Waals surface area contributed by atoms with Crippen LogP contribution in [0.2, 0.25) is 0 Å². The number of ether oxygens (including phenoxy) is 2. The van der Waals surface area contributed by atoms with E-state index in [1.807, 2.05) is 66.4 Å². The molecule has 1 amide bonds. The maximum atomic E-state index is 12.7. The standard InChI is InChI=1S/C23H24N2O3/c1-2-27-19-10-8-17(9-11-19)15-22(26)25-14-12-20(16-25)28-21-7-3-5-18-6-4-13-24-23(18)21/h3-11,13,20H,2,12,14-16H2,1H3. The van der Waals surface area contributed by atoms with E-state index in [1.54, 1.807) is 6.20 Å². The molecule has 1 atom stereocenters. The van der Waals surface area contributed by atoms with Crippen molar-refractivity contribution in [2.24, 2.45) is 0 Å². The summed E-state index contributed by atoms with van der Waals surface area (Å²) in [5, 5.41) is 1.06. The zero-order chi connectivity index (χ0) is 19.3. The van der Waals surface area contributed by atoms with Crippen molar-refractivity contribution in [1.82, 2.24) is 9.88 Å². The van der Waals surface area contributed by atoms with Crippen molar-refractivity contribution in [3.63, 3.8) is 0 Å². The number of carbonyl (C=O) groups is 1. The molecule has 0 saturated carbocycles. The average Bonchev–Trinajstić information content (AvgIpc) is 3.19. The van der Waals surface area contributed by atoms with Gasteiger partial charge in [-0.15, -0.1) is 0 Å². The number of likely N-dealkylation sites (tertiary alicyclic amines) is 1. The van der Waals surface area contributed by atoms with Gasteiger partial charge in [-0.1, -0.05) is 30.3 Å². The lowest BCUT2D eigenvalue weighted by Crippen LogP contribution is -2.32. The third kappa shape index (κ3) is 4.09. The number of rotatable bonds is 6.